The molecule has 2 aromatic carbocycles. The Hall–Kier alpha value is -1.94. The summed E-state index contributed by atoms with van der Waals surface area (Å²) in [5.41, 5.74) is 0. The summed E-state index contributed by atoms with van der Waals surface area (Å²) in [6, 6.07) is 21.6. The second-order valence-corrected chi connectivity index (χ2v) is 12.2. The molecular formula is C24H33NOSi-. The van der Waals surface area contributed by atoms with Crippen LogP contribution in [0.1, 0.15) is 27.2 Å². The van der Waals surface area contributed by atoms with Crippen molar-refractivity contribution in [2.75, 3.05) is 13.2 Å². The predicted octanol–water partition coefficient (Wildman–Crippen LogP) is 4.28. The molecule has 0 aliphatic carbocycles. The fourth-order valence-corrected chi connectivity index (χ4v) is 8.14. The van der Waals surface area contributed by atoms with Crippen LogP contribution in [-0.2, 0) is 4.43 Å². The molecule has 27 heavy (non-hydrogen) atoms. The van der Waals surface area contributed by atoms with Gasteiger partial charge in [-0.05, 0) is 13.0 Å². The summed E-state index contributed by atoms with van der Waals surface area (Å²) in [5.74, 6) is 0. The van der Waals surface area contributed by atoms with Crippen molar-refractivity contribution in [2.24, 2.45) is 0 Å². The predicted molar refractivity (Wildman–Crippen MR) is 120 cm³/mol. The molecule has 0 radical (unpaired) electrons. The van der Waals surface area contributed by atoms with E-state index in [-0.39, 0.29) is 11.1 Å². The van der Waals surface area contributed by atoms with E-state index in [2.05, 4.69) is 99.9 Å². The second kappa shape index (κ2) is 9.84. The van der Waals surface area contributed by atoms with Crippen LogP contribution in [0.5, 0.6) is 0 Å². The zero-order chi connectivity index (χ0) is 19.8. The summed E-state index contributed by atoms with van der Waals surface area (Å²) >= 11 is 0. The fraction of sp³-hybridized carbons (Fsp3) is 0.333. The molecule has 2 rings (SSSR count). The molecule has 0 saturated heterocycles. The van der Waals surface area contributed by atoms with E-state index in [0.29, 0.717) is 6.61 Å². The smallest absolute Gasteiger partial charge is 0.0510 e. The topological polar surface area (TPSA) is 21.3 Å². The molecule has 0 unspecified atom stereocenters. The van der Waals surface area contributed by atoms with Gasteiger partial charge < -0.3 is 9.74 Å². The van der Waals surface area contributed by atoms with E-state index in [1.54, 1.807) is 0 Å². The third kappa shape index (κ3) is 5.07. The van der Waals surface area contributed by atoms with Gasteiger partial charge in [0, 0.05) is 12.6 Å². The molecular weight excluding hydrogens is 346 g/mol. The summed E-state index contributed by atoms with van der Waals surface area (Å²) in [6.45, 7) is 16.2. The van der Waals surface area contributed by atoms with Crippen molar-refractivity contribution in [3.8, 4) is 0 Å². The van der Waals surface area contributed by atoms with Crippen LogP contribution in [0.25, 0.3) is 0 Å². The van der Waals surface area contributed by atoms with Crippen LogP contribution in [0.4, 0.5) is 0 Å². The van der Waals surface area contributed by atoms with E-state index in [1.165, 1.54) is 10.4 Å². The van der Waals surface area contributed by atoms with E-state index < -0.39 is 8.32 Å². The van der Waals surface area contributed by atoms with Crippen LogP contribution in [-0.4, -0.2) is 27.5 Å². The van der Waals surface area contributed by atoms with Crippen molar-refractivity contribution in [2.45, 2.75) is 38.3 Å². The Labute approximate surface area is 166 Å². The number of hydrogen-bond acceptors (Lipinski definition) is 2. The fourth-order valence-electron chi connectivity index (χ4n) is 3.56. The highest BCUT2D eigenvalue weighted by atomic mass is 28.4. The van der Waals surface area contributed by atoms with Gasteiger partial charge in [0.2, 0.25) is 0 Å². The zero-order valence-electron chi connectivity index (χ0n) is 16.9. The Bertz CT molecular complexity index is 667. The summed E-state index contributed by atoms with van der Waals surface area (Å²) in [4.78, 5) is 0. The van der Waals surface area contributed by atoms with Crippen molar-refractivity contribution in [1.82, 2.24) is 5.32 Å². The maximum atomic E-state index is 6.93. The molecule has 1 N–H and O–H groups in total. The van der Waals surface area contributed by atoms with Gasteiger partial charge in [0.25, 0.3) is 0 Å². The molecule has 2 nitrogen and oxygen atoms in total. The van der Waals surface area contributed by atoms with Crippen LogP contribution < -0.4 is 15.7 Å². The number of hydrogen-bond donors (Lipinski definition) is 1. The molecule has 0 spiro atoms. The average molecular weight is 380 g/mol. The van der Waals surface area contributed by atoms with Gasteiger partial charge in [-0.1, -0.05) is 93.6 Å². The number of rotatable bonds is 10. The molecule has 2 aromatic rings. The Morgan fingerprint density at radius 1 is 0.963 bits per heavy atom. The first-order valence-corrected chi connectivity index (χ1v) is 11.6. The van der Waals surface area contributed by atoms with Crippen molar-refractivity contribution < 1.29 is 4.43 Å². The van der Waals surface area contributed by atoms with Gasteiger partial charge >= 0.3 is 0 Å². The minimum atomic E-state index is -2.48. The normalized spacial score (nSPS) is 13.1. The van der Waals surface area contributed by atoms with Crippen LogP contribution in [0.3, 0.4) is 0 Å². The summed E-state index contributed by atoms with van der Waals surface area (Å²) < 4.78 is 6.93. The lowest BCUT2D eigenvalue weighted by molar-refractivity contribution is 0.270. The van der Waals surface area contributed by atoms with Crippen LogP contribution in [0.2, 0.25) is 5.04 Å². The zero-order valence-corrected chi connectivity index (χ0v) is 17.9. The summed E-state index contributed by atoms with van der Waals surface area (Å²) in [5, 5.41) is 6.10. The largest absolute Gasteiger partial charge is 0.557 e. The van der Waals surface area contributed by atoms with Gasteiger partial charge in [-0.2, -0.15) is 10.4 Å². The van der Waals surface area contributed by atoms with Crippen LogP contribution in [0.15, 0.2) is 86.0 Å². The minimum Gasteiger partial charge on any atom is -0.557 e. The molecule has 0 amide bonds. The lowest BCUT2D eigenvalue weighted by Crippen LogP contribution is -2.67. The highest BCUT2D eigenvalue weighted by molar-refractivity contribution is 6.99. The first kappa shape index (κ1) is 21.4. The maximum absolute atomic E-state index is 6.93. The highest BCUT2D eigenvalue weighted by Gasteiger charge is 2.37. The summed E-state index contributed by atoms with van der Waals surface area (Å²) in [7, 11) is -2.48. The molecule has 0 fully saturated rings. The van der Waals surface area contributed by atoms with Gasteiger partial charge in [0.15, 0.2) is 0 Å². The SMILES string of the molecule is C=CCCN[C@@H](C=C)CO[Si-](c1ccccc1)(c1ccccc1)C(C)(C)C. The standard InChI is InChI=1S/C24H33NOSi/c1-6-8-19-25-21(7-2)20-26-27(24(3,4)5,22-15-11-9-12-16-22)23-17-13-10-14-18-23/h6-7,9-18,21,25H,1-2,8,19-20H2,3-5H3/q-1/t21-/m0/s1. The first-order valence-electron chi connectivity index (χ1n) is 9.67. The van der Waals surface area contributed by atoms with Crippen molar-refractivity contribution >= 4 is 18.7 Å². The van der Waals surface area contributed by atoms with Crippen molar-refractivity contribution in [3.05, 3.63) is 86.0 Å². The highest BCUT2D eigenvalue weighted by Crippen LogP contribution is 2.36. The summed E-state index contributed by atoms with van der Waals surface area (Å²) in [6.07, 6.45) is 4.81. The van der Waals surface area contributed by atoms with E-state index in [0.717, 1.165) is 13.0 Å². The third-order valence-electron chi connectivity index (χ3n) is 4.94. The molecule has 0 heterocycles. The average Bonchev–Trinajstić information content (AvgIpc) is 2.67. The Morgan fingerprint density at radius 3 is 1.89 bits per heavy atom. The maximum Gasteiger partial charge on any atom is 0.0510 e. The van der Waals surface area contributed by atoms with Gasteiger partial charge in [-0.3, -0.25) is 0 Å². The Kier molecular flexibility index (Phi) is 7.78. The molecule has 0 aromatic heterocycles. The van der Waals surface area contributed by atoms with Crippen LogP contribution in [0, 0.1) is 0 Å². The Morgan fingerprint density at radius 2 is 1.48 bits per heavy atom. The van der Waals surface area contributed by atoms with E-state index in [4.69, 9.17) is 4.43 Å². The lowest BCUT2D eigenvalue weighted by atomic mass is 10.2. The van der Waals surface area contributed by atoms with E-state index >= 15 is 0 Å². The third-order valence-corrected chi connectivity index (χ3v) is 9.94. The molecule has 0 aliphatic rings. The minimum absolute atomic E-state index is 0.0114. The first-order chi connectivity index (χ1) is 13.0. The molecule has 1 atom stereocenters. The number of nitrogens with one attached hydrogen (secondary N) is 1. The van der Waals surface area contributed by atoms with Crippen molar-refractivity contribution in [3.63, 3.8) is 0 Å². The lowest BCUT2D eigenvalue weighted by Gasteiger charge is -2.56. The molecule has 0 saturated carbocycles. The molecule has 3 heteroatoms. The molecule has 145 valence electrons. The molecule has 0 bridgehead atoms. The van der Waals surface area contributed by atoms with E-state index in [1.807, 2.05) is 12.2 Å². The number of benzene rings is 2. The van der Waals surface area contributed by atoms with Gasteiger partial charge in [-0.15, -0.1) is 18.2 Å². The van der Waals surface area contributed by atoms with Crippen molar-refractivity contribution in [1.29, 1.82) is 0 Å². The molecule has 0 aliphatic heterocycles. The van der Waals surface area contributed by atoms with Gasteiger partial charge in [0.05, 0.1) is 8.32 Å². The van der Waals surface area contributed by atoms with E-state index in [9.17, 15) is 0 Å². The second-order valence-electron chi connectivity index (χ2n) is 7.85. The van der Waals surface area contributed by atoms with Gasteiger partial charge in [0.1, 0.15) is 0 Å². The Balaban J connectivity index is 2.43. The monoisotopic (exact) mass is 379 g/mol. The van der Waals surface area contributed by atoms with Gasteiger partial charge in [-0.25, -0.2) is 0 Å². The van der Waals surface area contributed by atoms with Crippen LogP contribution >= 0.6 is 0 Å². The quantitative estimate of drug-likeness (QED) is 0.378.